The Labute approximate surface area is 124 Å². The first-order valence-corrected chi connectivity index (χ1v) is 7.56. The predicted molar refractivity (Wildman–Crippen MR) is 82.1 cm³/mol. The standard InChI is InChI=1S/C16H20ClN3/c1-20-16(7-9-19-20)6-8-18-15-10-13(11-15)12-2-4-14(17)5-3-12/h2-5,7,9,13,15,18H,6,8,10-11H2,1H3. The average Bonchev–Trinajstić information content (AvgIpc) is 2.79. The monoisotopic (exact) mass is 289 g/mol. The molecule has 4 heteroatoms. The summed E-state index contributed by atoms with van der Waals surface area (Å²) in [7, 11) is 2.00. The maximum atomic E-state index is 5.92. The molecule has 1 saturated carbocycles. The van der Waals surface area contributed by atoms with E-state index < -0.39 is 0 Å². The Hall–Kier alpha value is -1.32. The van der Waals surface area contributed by atoms with Crippen LogP contribution in [0.3, 0.4) is 0 Å². The number of aromatic nitrogens is 2. The van der Waals surface area contributed by atoms with Crippen LogP contribution >= 0.6 is 11.6 Å². The van der Waals surface area contributed by atoms with Gasteiger partial charge in [0.25, 0.3) is 0 Å². The largest absolute Gasteiger partial charge is 0.314 e. The number of halogens is 1. The van der Waals surface area contributed by atoms with Gasteiger partial charge in [0, 0.05) is 43.0 Å². The first-order chi connectivity index (χ1) is 9.72. The number of rotatable bonds is 5. The lowest BCUT2D eigenvalue weighted by molar-refractivity contribution is 0.292. The van der Waals surface area contributed by atoms with Gasteiger partial charge in [0.1, 0.15) is 0 Å². The number of hydrogen-bond acceptors (Lipinski definition) is 2. The Morgan fingerprint density at radius 3 is 2.65 bits per heavy atom. The van der Waals surface area contributed by atoms with Gasteiger partial charge >= 0.3 is 0 Å². The Bertz CT molecular complexity index is 555. The highest BCUT2D eigenvalue weighted by molar-refractivity contribution is 6.30. The van der Waals surface area contributed by atoms with Crippen LogP contribution in [0.2, 0.25) is 5.02 Å². The van der Waals surface area contributed by atoms with Gasteiger partial charge in [-0.25, -0.2) is 0 Å². The second-order valence-electron chi connectivity index (χ2n) is 5.57. The Morgan fingerprint density at radius 1 is 1.25 bits per heavy atom. The van der Waals surface area contributed by atoms with Crippen molar-refractivity contribution < 1.29 is 0 Å². The average molecular weight is 290 g/mol. The van der Waals surface area contributed by atoms with Crippen LogP contribution in [-0.4, -0.2) is 22.4 Å². The molecular formula is C16H20ClN3. The second-order valence-corrected chi connectivity index (χ2v) is 6.00. The van der Waals surface area contributed by atoms with Crippen molar-refractivity contribution in [2.24, 2.45) is 7.05 Å². The van der Waals surface area contributed by atoms with E-state index >= 15 is 0 Å². The first kappa shape index (κ1) is 13.7. The lowest BCUT2D eigenvalue weighted by Gasteiger charge is -2.36. The van der Waals surface area contributed by atoms with Crippen LogP contribution in [0.1, 0.15) is 30.0 Å². The van der Waals surface area contributed by atoms with Gasteiger partial charge < -0.3 is 5.32 Å². The molecule has 0 amide bonds. The predicted octanol–water partition coefficient (Wildman–Crippen LogP) is 3.15. The molecule has 0 bridgehead atoms. The number of nitrogens with one attached hydrogen (secondary N) is 1. The van der Waals surface area contributed by atoms with Gasteiger partial charge in [-0.2, -0.15) is 5.10 Å². The van der Waals surface area contributed by atoms with Crippen molar-refractivity contribution in [3.63, 3.8) is 0 Å². The summed E-state index contributed by atoms with van der Waals surface area (Å²) in [6.07, 6.45) is 5.36. The molecule has 0 aliphatic heterocycles. The van der Waals surface area contributed by atoms with E-state index in [1.165, 1.54) is 24.1 Å². The van der Waals surface area contributed by atoms with Crippen molar-refractivity contribution in [1.82, 2.24) is 15.1 Å². The van der Waals surface area contributed by atoms with Gasteiger partial charge in [-0.3, -0.25) is 4.68 Å². The summed E-state index contributed by atoms with van der Waals surface area (Å²) in [6.45, 7) is 1.03. The van der Waals surface area contributed by atoms with Crippen LogP contribution in [0.15, 0.2) is 36.5 Å². The summed E-state index contributed by atoms with van der Waals surface area (Å²) in [5, 5.41) is 8.63. The summed E-state index contributed by atoms with van der Waals surface area (Å²) in [5.74, 6) is 0.696. The van der Waals surface area contributed by atoms with E-state index in [0.29, 0.717) is 12.0 Å². The third-order valence-electron chi connectivity index (χ3n) is 4.22. The highest BCUT2D eigenvalue weighted by Crippen LogP contribution is 2.37. The molecule has 3 nitrogen and oxygen atoms in total. The fraction of sp³-hybridized carbons (Fsp3) is 0.438. The van der Waals surface area contributed by atoms with E-state index in [1.54, 1.807) is 0 Å². The lowest BCUT2D eigenvalue weighted by Crippen LogP contribution is -2.41. The molecule has 0 saturated heterocycles. The topological polar surface area (TPSA) is 29.9 Å². The maximum Gasteiger partial charge on any atom is 0.0492 e. The van der Waals surface area contributed by atoms with Crippen LogP contribution in [0.25, 0.3) is 0 Å². The van der Waals surface area contributed by atoms with Crippen molar-refractivity contribution in [3.05, 3.63) is 52.8 Å². The number of nitrogens with zero attached hydrogens (tertiary/aromatic N) is 2. The summed E-state index contributed by atoms with van der Waals surface area (Å²) < 4.78 is 1.94. The summed E-state index contributed by atoms with van der Waals surface area (Å²) in [6, 6.07) is 11.0. The quantitative estimate of drug-likeness (QED) is 0.916. The fourth-order valence-electron chi connectivity index (χ4n) is 2.84. The minimum Gasteiger partial charge on any atom is -0.314 e. The fourth-order valence-corrected chi connectivity index (χ4v) is 2.97. The van der Waals surface area contributed by atoms with Crippen LogP contribution in [-0.2, 0) is 13.5 Å². The van der Waals surface area contributed by atoms with Crippen LogP contribution in [0.4, 0.5) is 0 Å². The third kappa shape index (κ3) is 3.05. The van der Waals surface area contributed by atoms with Crippen molar-refractivity contribution in [2.45, 2.75) is 31.2 Å². The zero-order valence-corrected chi connectivity index (χ0v) is 12.5. The minimum atomic E-state index is 0.656. The zero-order chi connectivity index (χ0) is 13.9. The van der Waals surface area contributed by atoms with Crippen LogP contribution in [0, 0.1) is 0 Å². The summed E-state index contributed by atoms with van der Waals surface area (Å²) >= 11 is 5.92. The molecule has 1 aliphatic rings. The number of benzene rings is 1. The van der Waals surface area contributed by atoms with E-state index in [4.69, 9.17) is 11.6 Å². The lowest BCUT2D eigenvalue weighted by atomic mass is 9.76. The molecular weight excluding hydrogens is 270 g/mol. The molecule has 0 unspecified atom stereocenters. The zero-order valence-electron chi connectivity index (χ0n) is 11.7. The molecule has 1 heterocycles. The molecule has 1 fully saturated rings. The van der Waals surface area contributed by atoms with Gasteiger partial charge in [-0.1, -0.05) is 23.7 Å². The molecule has 0 radical (unpaired) electrons. The number of hydrogen-bond donors (Lipinski definition) is 1. The Morgan fingerprint density at radius 2 is 2.00 bits per heavy atom. The molecule has 106 valence electrons. The van der Waals surface area contributed by atoms with Gasteiger partial charge in [0.2, 0.25) is 0 Å². The molecule has 1 aromatic carbocycles. The highest BCUT2D eigenvalue weighted by atomic mass is 35.5. The Balaban J connectivity index is 1.40. The van der Waals surface area contributed by atoms with E-state index in [0.717, 1.165) is 18.0 Å². The van der Waals surface area contributed by atoms with Crippen molar-refractivity contribution in [2.75, 3.05) is 6.54 Å². The third-order valence-corrected chi connectivity index (χ3v) is 4.47. The summed E-state index contributed by atoms with van der Waals surface area (Å²) in [4.78, 5) is 0. The second kappa shape index (κ2) is 5.98. The molecule has 2 aromatic rings. The van der Waals surface area contributed by atoms with E-state index in [9.17, 15) is 0 Å². The van der Waals surface area contributed by atoms with Crippen molar-refractivity contribution >= 4 is 11.6 Å². The summed E-state index contributed by atoms with van der Waals surface area (Å²) in [5.41, 5.74) is 2.70. The Kier molecular flexibility index (Phi) is 4.08. The minimum absolute atomic E-state index is 0.656. The van der Waals surface area contributed by atoms with Crippen molar-refractivity contribution in [3.8, 4) is 0 Å². The van der Waals surface area contributed by atoms with Gasteiger partial charge in [0.05, 0.1) is 0 Å². The number of aryl methyl sites for hydroxylation is 1. The SMILES string of the molecule is Cn1nccc1CCNC1CC(c2ccc(Cl)cc2)C1. The van der Waals surface area contributed by atoms with E-state index in [1.807, 2.05) is 30.1 Å². The van der Waals surface area contributed by atoms with Gasteiger partial charge in [-0.05, 0) is 42.5 Å². The molecule has 0 atom stereocenters. The van der Waals surface area contributed by atoms with Gasteiger partial charge in [-0.15, -0.1) is 0 Å². The molecule has 1 N–H and O–H groups in total. The molecule has 20 heavy (non-hydrogen) atoms. The highest BCUT2D eigenvalue weighted by Gasteiger charge is 2.29. The van der Waals surface area contributed by atoms with Crippen molar-refractivity contribution in [1.29, 1.82) is 0 Å². The smallest absolute Gasteiger partial charge is 0.0492 e. The first-order valence-electron chi connectivity index (χ1n) is 7.18. The van der Waals surface area contributed by atoms with Gasteiger partial charge in [0.15, 0.2) is 0 Å². The maximum absolute atomic E-state index is 5.92. The van der Waals surface area contributed by atoms with Crippen LogP contribution in [0.5, 0.6) is 0 Å². The normalized spacial score (nSPS) is 21.7. The molecule has 3 rings (SSSR count). The molecule has 1 aromatic heterocycles. The molecule has 0 spiro atoms. The molecule has 1 aliphatic carbocycles. The van der Waals surface area contributed by atoms with E-state index in [-0.39, 0.29) is 0 Å². The van der Waals surface area contributed by atoms with E-state index in [2.05, 4.69) is 28.6 Å². The van der Waals surface area contributed by atoms with Crippen LogP contribution < -0.4 is 5.32 Å².